The average Bonchev–Trinajstić information content (AvgIpc) is 2.65. The first-order valence-electron chi connectivity index (χ1n) is 7.97. The molecule has 0 aliphatic carbocycles. The van der Waals surface area contributed by atoms with Crippen LogP contribution in [0.5, 0.6) is 5.75 Å². The monoisotopic (exact) mass is 369 g/mol. The molecule has 1 heterocycles. The van der Waals surface area contributed by atoms with Crippen molar-refractivity contribution in [2.24, 2.45) is 0 Å². The van der Waals surface area contributed by atoms with Crippen LogP contribution in [0.4, 0.5) is 5.69 Å². The molecule has 0 aliphatic rings. The van der Waals surface area contributed by atoms with Crippen molar-refractivity contribution in [1.29, 1.82) is 0 Å². The fraction of sp³-hybridized carbons (Fsp3) is 0.105. The van der Waals surface area contributed by atoms with Crippen LogP contribution in [0, 0.1) is 0 Å². The van der Waals surface area contributed by atoms with E-state index in [1.54, 1.807) is 48.5 Å². The summed E-state index contributed by atoms with van der Waals surface area (Å²) in [6.07, 6.45) is 1.50. The van der Waals surface area contributed by atoms with Gasteiger partial charge in [-0.1, -0.05) is 23.7 Å². The zero-order valence-electron chi connectivity index (χ0n) is 14.0. The molecular weight excluding hydrogens is 354 g/mol. The van der Waals surface area contributed by atoms with Gasteiger partial charge in [0, 0.05) is 12.3 Å². The number of ether oxygens (including phenoxy) is 1. The maximum absolute atomic E-state index is 12.4. The summed E-state index contributed by atoms with van der Waals surface area (Å²) in [5.74, 6) is 0.109. The second-order valence-corrected chi connectivity index (χ2v) is 5.74. The lowest BCUT2D eigenvalue weighted by molar-refractivity contribution is 0.101. The van der Waals surface area contributed by atoms with Crippen molar-refractivity contribution in [2.75, 3.05) is 11.9 Å². The Labute approximate surface area is 155 Å². The number of amides is 1. The minimum Gasteiger partial charge on any atom is -0.494 e. The second kappa shape index (κ2) is 7.84. The maximum atomic E-state index is 12.4. The third-order valence-electron chi connectivity index (χ3n) is 3.56. The van der Waals surface area contributed by atoms with Crippen LogP contribution in [-0.2, 0) is 0 Å². The van der Waals surface area contributed by atoms with Crippen molar-refractivity contribution < 1.29 is 9.53 Å². The molecule has 7 heteroatoms. The van der Waals surface area contributed by atoms with Gasteiger partial charge in [-0.15, -0.1) is 0 Å². The van der Waals surface area contributed by atoms with E-state index >= 15 is 0 Å². The number of aromatic nitrogens is 2. The highest BCUT2D eigenvalue weighted by Gasteiger charge is 2.15. The summed E-state index contributed by atoms with van der Waals surface area (Å²) < 4.78 is 6.86. The molecule has 0 bridgehead atoms. The minimum absolute atomic E-state index is 0.221. The van der Waals surface area contributed by atoms with Gasteiger partial charge < -0.3 is 10.1 Å². The molecule has 0 spiro atoms. The number of halogens is 1. The molecular formula is C19H16ClN3O3. The normalized spacial score (nSPS) is 10.4. The number of hydrogen-bond donors (Lipinski definition) is 1. The molecule has 2 aromatic carbocycles. The first kappa shape index (κ1) is 17.7. The van der Waals surface area contributed by atoms with E-state index in [1.807, 2.05) is 6.92 Å². The SMILES string of the molecule is CCOc1ccc(-n2ccc(=O)c(C(=O)Nc3ccccc3Cl)n2)cc1. The molecule has 1 amide bonds. The van der Waals surface area contributed by atoms with Gasteiger partial charge in [0.25, 0.3) is 5.91 Å². The summed E-state index contributed by atoms with van der Waals surface area (Å²) in [6.45, 7) is 2.48. The number of benzene rings is 2. The van der Waals surface area contributed by atoms with E-state index in [2.05, 4.69) is 10.4 Å². The van der Waals surface area contributed by atoms with Gasteiger partial charge in [-0.2, -0.15) is 5.10 Å². The van der Waals surface area contributed by atoms with Crippen LogP contribution in [0.15, 0.2) is 65.6 Å². The summed E-state index contributed by atoms with van der Waals surface area (Å²) in [5, 5.41) is 7.14. The lowest BCUT2D eigenvalue weighted by atomic mass is 10.3. The predicted molar refractivity (Wildman–Crippen MR) is 100 cm³/mol. The number of rotatable bonds is 5. The Morgan fingerprint density at radius 2 is 1.88 bits per heavy atom. The van der Waals surface area contributed by atoms with Gasteiger partial charge in [0.1, 0.15) is 5.75 Å². The van der Waals surface area contributed by atoms with Crippen LogP contribution in [0.2, 0.25) is 5.02 Å². The summed E-state index contributed by atoms with van der Waals surface area (Å²) in [5.41, 5.74) is 0.412. The molecule has 3 rings (SSSR count). The number of para-hydroxylation sites is 1. The average molecular weight is 370 g/mol. The van der Waals surface area contributed by atoms with Gasteiger partial charge in [0.2, 0.25) is 5.43 Å². The van der Waals surface area contributed by atoms with Crippen LogP contribution >= 0.6 is 11.6 Å². The number of carbonyl (C=O) groups is 1. The Balaban J connectivity index is 1.89. The molecule has 0 unspecified atom stereocenters. The van der Waals surface area contributed by atoms with E-state index in [0.29, 0.717) is 23.0 Å². The van der Waals surface area contributed by atoms with Gasteiger partial charge in [0.05, 0.1) is 23.0 Å². The molecule has 6 nitrogen and oxygen atoms in total. The van der Waals surface area contributed by atoms with Crippen molar-refractivity contribution in [3.8, 4) is 11.4 Å². The van der Waals surface area contributed by atoms with Crippen molar-refractivity contribution >= 4 is 23.2 Å². The Hall–Kier alpha value is -3.12. The molecule has 0 fully saturated rings. The van der Waals surface area contributed by atoms with Gasteiger partial charge >= 0.3 is 0 Å². The van der Waals surface area contributed by atoms with Crippen LogP contribution in [0.3, 0.4) is 0 Å². The number of hydrogen-bond acceptors (Lipinski definition) is 4. The molecule has 1 aromatic heterocycles. The second-order valence-electron chi connectivity index (χ2n) is 5.33. The van der Waals surface area contributed by atoms with Crippen LogP contribution < -0.4 is 15.5 Å². The third kappa shape index (κ3) is 3.92. The summed E-state index contributed by atoms with van der Waals surface area (Å²) >= 11 is 6.03. The molecule has 132 valence electrons. The van der Waals surface area contributed by atoms with E-state index in [-0.39, 0.29) is 5.69 Å². The maximum Gasteiger partial charge on any atom is 0.280 e. The van der Waals surface area contributed by atoms with Crippen molar-refractivity contribution in [3.05, 3.63) is 81.7 Å². The Kier molecular flexibility index (Phi) is 5.34. The van der Waals surface area contributed by atoms with E-state index < -0.39 is 11.3 Å². The summed E-state index contributed by atoms with van der Waals surface area (Å²) in [6, 6.07) is 15.2. The van der Waals surface area contributed by atoms with Gasteiger partial charge in [-0.3, -0.25) is 9.59 Å². The Bertz CT molecular complexity index is 984. The fourth-order valence-electron chi connectivity index (χ4n) is 2.31. The standard InChI is InChI=1S/C19H16ClN3O3/c1-2-26-14-9-7-13(8-10-14)23-12-11-17(24)18(22-23)19(25)21-16-6-4-3-5-15(16)20/h3-12H,2H2,1H3,(H,21,25). The molecule has 3 aromatic rings. The first-order chi connectivity index (χ1) is 12.6. The van der Waals surface area contributed by atoms with E-state index in [1.165, 1.54) is 16.9 Å². The van der Waals surface area contributed by atoms with E-state index in [4.69, 9.17) is 16.3 Å². The molecule has 26 heavy (non-hydrogen) atoms. The number of nitrogens with one attached hydrogen (secondary N) is 1. The summed E-state index contributed by atoms with van der Waals surface area (Å²) in [7, 11) is 0. The van der Waals surface area contributed by atoms with Crippen molar-refractivity contribution in [3.63, 3.8) is 0 Å². The van der Waals surface area contributed by atoms with Gasteiger partial charge in [0.15, 0.2) is 5.69 Å². The molecule has 0 saturated carbocycles. The van der Waals surface area contributed by atoms with E-state index in [9.17, 15) is 9.59 Å². The number of anilines is 1. The molecule has 1 N–H and O–H groups in total. The Morgan fingerprint density at radius 3 is 2.58 bits per heavy atom. The van der Waals surface area contributed by atoms with Crippen LogP contribution in [0.25, 0.3) is 5.69 Å². The quantitative estimate of drug-likeness (QED) is 0.746. The molecule has 0 atom stereocenters. The highest BCUT2D eigenvalue weighted by atomic mass is 35.5. The lowest BCUT2D eigenvalue weighted by Gasteiger charge is -2.10. The predicted octanol–water partition coefficient (Wildman–Crippen LogP) is 3.54. The molecule has 0 aliphatic heterocycles. The van der Waals surface area contributed by atoms with Gasteiger partial charge in [-0.05, 0) is 43.3 Å². The van der Waals surface area contributed by atoms with Crippen molar-refractivity contribution in [2.45, 2.75) is 6.92 Å². The first-order valence-corrected chi connectivity index (χ1v) is 8.35. The van der Waals surface area contributed by atoms with Gasteiger partial charge in [-0.25, -0.2) is 4.68 Å². The fourth-order valence-corrected chi connectivity index (χ4v) is 2.50. The Morgan fingerprint density at radius 1 is 1.15 bits per heavy atom. The number of carbonyl (C=O) groups excluding carboxylic acids is 1. The van der Waals surface area contributed by atoms with Crippen LogP contribution in [-0.4, -0.2) is 22.3 Å². The van der Waals surface area contributed by atoms with Crippen LogP contribution in [0.1, 0.15) is 17.4 Å². The zero-order valence-corrected chi connectivity index (χ0v) is 14.7. The highest BCUT2D eigenvalue weighted by molar-refractivity contribution is 6.33. The van der Waals surface area contributed by atoms with E-state index in [0.717, 1.165) is 5.75 Å². The smallest absolute Gasteiger partial charge is 0.280 e. The molecule has 0 saturated heterocycles. The lowest BCUT2D eigenvalue weighted by Crippen LogP contribution is -2.25. The minimum atomic E-state index is -0.622. The molecule has 0 radical (unpaired) electrons. The number of nitrogens with zero attached hydrogens (tertiary/aromatic N) is 2. The van der Waals surface area contributed by atoms with Crippen molar-refractivity contribution in [1.82, 2.24) is 9.78 Å². The largest absolute Gasteiger partial charge is 0.494 e. The third-order valence-corrected chi connectivity index (χ3v) is 3.89. The highest BCUT2D eigenvalue weighted by Crippen LogP contribution is 2.20. The zero-order chi connectivity index (χ0) is 18.5. The summed E-state index contributed by atoms with van der Waals surface area (Å²) in [4.78, 5) is 24.5. The topological polar surface area (TPSA) is 73.2 Å².